The summed E-state index contributed by atoms with van der Waals surface area (Å²) in [5, 5.41) is 10.9. The number of carbonyl (C=O) groups is 1. The third-order valence-corrected chi connectivity index (χ3v) is 3.84. The third-order valence-electron chi connectivity index (χ3n) is 3.84. The number of rotatable bonds is 4. The molecule has 0 aliphatic rings. The number of amides is 1. The predicted molar refractivity (Wildman–Crippen MR) is 85.9 cm³/mol. The number of fused-ring (bicyclic) bond motifs is 3. The molecule has 3 rings (SSSR count). The maximum atomic E-state index is 12.3. The van der Waals surface area contributed by atoms with Gasteiger partial charge in [0.05, 0.1) is 11.7 Å². The molecule has 114 valence electrons. The lowest BCUT2D eigenvalue weighted by molar-refractivity contribution is -0.123. The van der Waals surface area contributed by atoms with Crippen molar-refractivity contribution in [2.24, 2.45) is 0 Å². The van der Waals surface area contributed by atoms with Crippen LogP contribution in [-0.2, 0) is 4.79 Å². The van der Waals surface area contributed by atoms with Crippen molar-refractivity contribution in [3.05, 3.63) is 40.8 Å². The normalized spacial score (nSPS) is 12.6. The quantitative estimate of drug-likeness (QED) is 0.772. The van der Waals surface area contributed by atoms with Crippen molar-refractivity contribution in [2.75, 3.05) is 6.54 Å². The van der Waals surface area contributed by atoms with Crippen molar-refractivity contribution in [1.29, 1.82) is 0 Å². The van der Waals surface area contributed by atoms with Crippen LogP contribution in [0, 0.1) is 0 Å². The summed E-state index contributed by atoms with van der Waals surface area (Å²) in [7, 11) is 0. The van der Waals surface area contributed by atoms with E-state index in [9.17, 15) is 9.59 Å². The minimum Gasteiger partial charge on any atom is -0.354 e. The zero-order valence-corrected chi connectivity index (χ0v) is 12.6. The Kier molecular flexibility index (Phi) is 3.66. The van der Waals surface area contributed by atoms with Crippen LogP contribution in [0.1, 0.15) is 26.3 Å². The van der Waals surface area contributed by atoms with E-state index in [-0.39, 0.29) is 11.5 Å². The van der Waals surface area contributed by atoms with Crippen LogP contribution in [0.2, 0.25) is 0 Å². The summed E-state index contributed by atoms with van der Waals surface area (Å²) >= 11 is 0. The highest BCUT2D eigenvalue weighted by molar-refractivity contribution is 6.08. The van der Waals surface area contributed by atoms with Crippen molar-refractivity contribution in [2.45, 2.75) is 26.3 Å². The van der Waals surface area contributed by atoms with E-state index in [0.29, 0.717) is 12.1 Å². The smallest absolute Gasteiger partial charge is 0.288 e. The molecule has 0 unspecified atom stereocenters. The molecule has 3 aromatic rings. The number of aromatic amines is 1. The molecule has 0 fully saturated rings. The fourth-order valence-electron chi connectivity index (χ4n) is 2.78. The van der Waals surface area contributed by atoms with E-state index in [1.807, 2.05) is 31.2 Å². The first-order valence-corrected chi connectivity index (χ1v) is 7.39. The number of carbonyl (C=O) groups excluding carboxylic acids is 1. The van der Waals surface area contributed by atoms with Gasteiger partial charge in [-0.05, 0) is 19.4 Å². The fraction of sp³-hybridized carbons (Fsp3) is 0.312. The molecule has 0 saturated carbocycles. The van der Waals surface area contributed by atoms with Crippen LogP contribution in [0.3, 0.4) is 0 Å². The average Bonchev–Trinajstić information content (AvgIpc) is 2.88. The van der Waals surface area contributed by atoms with Crippen LogP contribution in [0.25, 0.3) is 21.8 Å². The van der Waals surface area contributed by atoms with E-state index >= 15 is 0 Å². The first-order chi connectivity index (χ1) is 10.6. The molecule has 0 saturated heterocycles. The van der Waals surface area contributed by atoms with Gasteiger partial charge >= 0.3 is 0 Å². The monoisotopic (exact) mass is 298 g/mol. The van der Waals surface area contributed by atoms with Gasteiger partial charge in [-0.2, -0.15) is 5.10 Å². The minimum atomic E-state index is -0.475. The van der Waals surface area contributed by atoms with Crippen LogP contribution in [-0.4, -0.2) is 27.2 Å². The first-order valence-electron chi connectivity index (χ1n) is 7.39. The summed E-state index contributed by atoms with van der Waals surface area (Å²) in [6, 6.07) is 7.19. The van der Waals surface area contributed by atoms with E-state index < -0.39 is 6.04 Å². The summed E-state index contributed by atoms with van der Waals surface area (Å²) < 4.78 is 1.79. The summed E-state index contributed by atoms with van der Waals surface area (Å²) in [4.78, 5) is 24.6. The van der Waals surface area contributed by atoms with Gasteiger partial charge in [0.15, 0.2) is 0 Å². The van der Waals surface area contributed by atoms with Crippen molar-refractivity contribution >= 4 is 27.7 Å². The molecular formula is C16H18N4O2. The molecule has 2 aromatic heterocycles. The van der Waals surface area contributed by atoms with Gasteiger partial charge in [-0.25, -0.2) is 5.10 Å². The maximum absolute atomic E-state index is 12.3. The highest BCUT2D eigenvalue weighted by Crippen LogP contribution is 2.29. The standard InChI is InChI=1S/C16H18N4O2/c1-3-8-17-15(21)10(2)20-13-7-5-4-6-11(13)12-9-18-19-16(22)14(12)20/h4-7,9-10H,3,8H2,1-2H3,(H,17,21)(H,19,22)/t10-/m0/s1. The molecule has 6 heteroatoms. The molecule has 0 aliphatic carbocycles. The van der Waals surface area contributed by atoms with Crippen LogP contribution >= 0.6 is 0 Å². The van der Waals surface area contributed by atoms with Crippen molar-refractivity contribution in [3.8, 4) is 0 Å². The van der Waals surface area contributed by atoms with Gasteiger partial charge in [0.1, 0.15) is 11.6 Å². The van der Waals surface area contributed by atoms with Gasteiger partial charge in [-0.3, -0.25) is 9.59 Å². The SMILES string of the molecule is CCCNC(=O)[C@H](C)n1c2ccccc2c2cn[nH]c(=O)c21. The molecule has 0 bridgehead atoms. The largest absolute Gasteiger partial charge is 0.354 e. The van der Waals surface area contributed by atoms with Gasteiger partial charge in [-0.1, -0.05) is 25.1 Å². The van der Waals surface area contributed by atoms with E-state index in [1.54, 1.807) is 17.7 Å². The molecule has 1 aromatic carbocycles. The Balaban J connectivity index is 2.26. The number of hydrogen-bond donors (Lipinski definition) is 2. The van der Waals surface area contributed by atoms with Crippen LogP contribution in [0.5, 0.6) is 0 Å². The summed E-state index contributed by atoms with van der Waals surface area (Å²) in [5.74, 6) is -0.0966. The predicted octanol–water partition coefficient (Wildman–Crippen LogP) is 1.96. The van der Waals surface area contributed by atoms with Gasteiger partial charge in [-0.15, -0.1) is 0 Å². The lowest BCUT2D eigenvalue weighted by Gasteiger charge is -2.16. The fourth-order valence-corrected chi connectivity index (χ4v) is 2.78. The van der Waals surface area contributed by atoms with E-state index in [4.69, 9.17) is 0 Å². The lowest BCUT2D eigenvalue weighted by Crippen LogP contribution is -2.32. The summed E-state index contributed by atoms with van der Waals surface area (Å²) in [6.07, 6.45) is 2.50. The molecule has 0 radical (unpaired) electrons. The lowest BCUT2D eigenvalue weighted by atomic mass is 10.2. The van der Waals surface area contributed by atoms with Crippen molar-refractivity contribution in [1.82, 2.24) is 20.1 Å². The Morgan fingerprint density at radius 2 is 2.14 bits per heavy atom. The molecule has 0 spiro atoms. The van der Waals surface area contributed by atoms with Gasteiger partial charge in [0.2, 0.25) is 5.91 Å². The average molecular weight is 298 g/mol. The number of H-pyrrole nitrogens is 1. The Morgan fingerprint density at radius 1 is 1.36 bits per heavy atom. The first kappa shape index (κ1) is 14.3. The summed E-state index contributed by atoms with van der Waals surface area (Å²) in [6.45, 7) is 4.43. The van der Waals surface area contributed by atoms with Crippen molar-refractivity contribution in [3.63, 3.8) is 0 Å². The Hall–Kier alpha value is -2.63. The molecule has 1 atom stereocenters. The van der Waals surface area contributed by atoms with E-state index in [2.05, 4.69) is 15.5 Å². The number of para-hydroxylation sites is 1. The number of nitrogens with zero attached hydrogens (tertiary/aromatic N) is 2. The zero-order valence-electron chi connectivity index (χ0n) is 12.6. The van der Waals surface area contributed by atoms with Crippen LogP contribution in [0.15, 0.2) is 35.3 Å². The van der Waals surface area contributed by atoms with Crippen LogP contribution < -0.4 is 10.9 Å². The van der Waals surface area contributed by atoms with E-state index in [0.717, 1.165) is 22.7 Å². The van der Waals surface area contributed by atoms with Crippen molar-refractivity contribution < 1.29 is 4.79 Å². The number of aromatic nitrogens is 3. The zero-order chi connectivity index (χ0) is 15.7. The number of hydrogen-bond acceptors (Lipinski definition) is 3. The molecular weight excluding hydrogens is 280 g/mol. The topological polar surface area (TPSA) is 79.8 Å². The van der Waals surface area contributed by atoms with E-state index in [1.165, 1.54) is 0 Å². The molecule has 0 aliphatic heterocycles. The summed E-state index contributed by atoms with van der Waals surface area (Å²) in [5.41, 5.74) is 1.05. The highest BCUT2D eigenvalue weighted by atomic mass is 16.2. The third kappa shape index (κ3) is 2.16. The molecule has 2 heterocycles. The second-order valence-corrected chi connectivity index (χ2v) is 5.32. The van der Waals surface area contributed by atoms with Crippen LogP contribution in [0.4, 0.5) is 0 Å². The number of nitrogens with one attached hydrogen (secondary N) is 2. The Labute approximate surface area is 127 Å². The second kappa shape index (κ2) is 5.63. The maximum Gasteiger partial charge on any atom is 0.288 e. The molecule has 2 N–H and O–H groups in total. The number of benzene rings is 1. The van der Waals surface area contributed by atoms with Gasteiger partial charge < -0.3 is 9.88 Å². The Morgan fingerprint density at radius 3 is 2.91 bits per heavy atom. The molecule has 6 nitrogen and oxygen atoms in total. The highest BCUT2D eigenvalue weighted by Gasteiger charge is 2.22. The van der Waals surface area contributed by atoms with Gasteiger partial charge in [0, 0.05) is 17.3 Å². The minimum absolute atomic E-state index is 0.0966. The molecule has 22 heavy (non-hydrogen) atoms. The Bertz CT molecular complexity index is 894. The second-order valence-electron chi connectivity index (χ2n) is 5.32. The van der Waals surface area contributed by atoms with Gasteiger partial charge in [0.25, 0.3) is 5.56 Å². The molecule has 1 amide bonds.